The van der Waals surface area contributed by atoms with E-state index in [-0.39, 0.29) is 12.0 Å². The largest absolute Gasteiger partial charge is 0.392 e. The average molecular weight is 440 g/mol. The van der Waals surface area contributed by atoms with Crippen LogP contribution in [0.4, 0.5) is 5.69 Å². The van der Waals surface area contributed by atoms with E-state index in [1.807, 2.05) is 31.2 Å². The van der Waals surface area contributed by atoms with Crippen LogP contribution in [0.25, 0.3) is 17.2 Å². The summed E-state index contributed by atoms with van der Waals surface area (Å²) in [5.74, 6) is -0.305. The third-order valence-corrected chi connectivity index (χ3v) is 5.87. The molecule has 0 aliphatic carbocycles. The van der Waals surface area contributed by atoms with Gasteiger partial charge in [0.25, 0.3) is 5.91 Å². The molecule has 1 aliphatic rings. The summed E-state index contributed by atoms with van der Waals surface area (Å²) in [5.41, 5.74) is 5.36. The Morgan fingerprint density at radius 2 is 2.15 bits per heavy atom. The SMILES string of the molecule is C=Cc1nccc(-c2cccc(NC(=O)c3ccc(CN4CC[C@@H](O)C4)cn3)c2C)c1C#N. The summed E-state index contributed by atoms with van der Waals surface area (Å²) in [6.07, 6.45) is 5.44. The van der Waals surface area contributed by atoms with Crippen molar-refractivity contribution in [3.63, 3.8) is 0 Å². The maximum atomic E-state index is 12.8. The van der Waals surface area contributed by atoms with Crippen molar-refractivity contribution in [2.24, 2.45) is 0 Å². The van der Waals surface area contributed by atoms with Gasteiger partial charge in [-0.15, -0.1) is 0 Å². The van der Waals surface area contributed by atoms with E-state index < -0.39 is 0 Å². The van der Waals surface area contributed by atoms with Crippen LogP contribution in [0.2, 0.25) is 0 Å². The quantitative estimate of drug-likeness (QED) is 0.606. The fourth-order valence-corrected chi connectivity index (χ4v) is 4.09. The average Bonchev–Trinajstić information content (AvgIpc) is 3.24. The molecule has 0 unspecified atom stereocenters. The number of likely N-dealkylation sites (tertiary alicyclic amines) is 1. The van der Waals surface area contributed by atoms with Crippen LogP contribution in [0.15, 0.2) is 55.4 Å². The molecule has 2 aromatic heterocycles. The molecule has 1 fully saturated rings. The molecule has 0 radical (unpaired) electrons. The van der Waals surface area contributed by atoms with Crippen molar-refractivity contribution in [2.45, 2.75) is 26.0 Å². The number of rotatable bonds is 6. The van der Waals surface area contributed by atoms with Gasteiger partial charge >= 0.3 is 0 Å². The Kier molecular flexibility index (Phi) is 6.59. The van der Waals surface area contributed by atoms with E-state index in [1.54, 1.807) is 30.6 Å². The van der Waals surface area contributed by atoms with Crippen molar-refractivity contribution in [2.75, 3.05) is 18.4 Å². The zero-order valence-electron chi connectivity index (χ0n) is 18.5. The molecule has 3 aromatic rings. The number of pyridine rings is 2. The van der Waals surface area contributed by atoms with Gasteiger partial charge < -0.3 is 10.4 Å². The van der Waals surface area contributed by atoms with Crippen LogP contribution in [-0.2, 0) is 6.54 Å². The lowest BCUT2D eigenvalue weighted by Crippen LogP contribution is -2.21. The number of nitrogens with one attached hydrogen (secondary N) is 1. The first-order valence-corrected chi connectivity index (χ1v) is 10.8. The van der Waals surface area contributed by atoms with E-state index in [4.69, 9.17) is 0 Å². The van der Waals surface area contributed by atoms with Gasteiger partial charge in [-0.2, -0.15) is 5.26 Å². The van der Waals surface area contributed by atoms with Crippen LogP contribution in [0, 0.1) is 18.3 Å². The van der Waals surface area contributed by atoms with Gasteiger partial charge in [-0.05, 0) is 54.3 Å². The summed E-state index contributed by atoms with van der Waals surface area (Å²) < 4.78 is 0. The molecule has 1 saturated heterocycles. The second kappa shape index (κ2) is 9.74. The third kappa shape index (κ3) is 4.82. The lowest BCUT2D eigenvalue weighted by atomic mass is 9.95. The minimum atomic E-state index is -0.305. The molecule has 1 atom stereocenters. The number of aliphatic hydroxyl groups excluding tert-OH is 1. The number of anilines is 1. The number of aromatic nitrogens is 2. The first kappa shape index (κ1) is 22.3. The molecule has 0 saturated carbocycles. The smallest absolute Gasteiger partial charge is 0.274 e. The van der Waals surface area contributed by atoms with Crippen molar-refractivity contribution >= 4 is 17.7 Å². The van der Waals surface area contributed by atoms with E-state index in [0.717, 1.165) is 35.2 Å². The van der Waals surface area contributed by atoms with Gasteiger partial charge in [-0.1, -0.05) is 24.8 Å². The van der Waals surface area contributed by atoms with E-state index in [9.17, 15) is 15.2 Å². The van der Waals surface area contributed by atoms with Crippen LogP contribution in [0.5, 0.6) is 0 Å². The number of aliphatic hydroxyl groups is 1. The van der Waals surface area contributed by atoms with Gasteiger partial charge in [0.2, 0.25) is 0 Å². The molecule has 4 rings (SSSR count). The number of hydrogen-bond donors (Lipinski definition) is 2. The molecule has 0 bridgehead atoms. The lowest BCUT2D eigenvalue weighted by molar-refractivity contribution is 0.102. The number of nitriles is 1. The number of β-amino-alcohol motifs (C(OH)–C–C–N with tert-alkyl or cyclic N) is 1. The van der Waals surface area contributed by atoms with Gasteiger partial charge in [0.1, 0.15) is 11.8 Å². The Morgan fingerprint density at radius 1 is 1.30 bits per heavy atom. The zero-order chi connectivity index (χ0) is 23.4. The van der Waals surface area contributed by atoms with Crippen LogP contribution in [0.3, 0.4) is 0 Å². The Morgan fingerprint density at radius 3 is 2.82 bits per heavy atom. The number of carbonyl (C=O) groups is 1. The van der Waals surface area contributed by atoms with E-state index >= 15 is 0 Å². The standard InChI is InChI=1S/C26H25N5O2/c1-3-23-22(13-27)21(9-11-28-23)20-5-4-6-24(17(20)2)30-26(33)25-8-7-18(14-29-25)15-31-12-10-19(32)16-31/h3-9,11,14,19,32H,1,10,12,15-16H2,2H3,(H,30,33)/t19-/m1/s1. The van der Waals surface area contributed by atoms with Crippen molar-refractivity contribution in [3.05, 3.63) is 83.4 Å². The predicted molar refractivity (Wildman–Crippen MR) is 127 cm³/mol. The molecule has 3 heterocycles. The van der Waals surface area contributed by atoms with Gasteiger partial charge in [0, 0.05) is 43.3 Å². The highest BCUT2D eigenvalue weighted by Crippen LogP contribution is 2.32. The molecule has 7 heteroatoms. The summed E-state index contributed by atoms with van der Waals surface area (Å²) in [5, 5.41) is 22.2. The Labute approximate surface area is 193 Å². The van der Waals surface area contributed by atoms with Crippen molar-refractivity contribution in [1.29, 1.82) is 5.26 Å². The summed E-state index contributed by atoms with van der Waals surface area (Å²) in [6.45, 7) is 7.86. The molecule has 0 spiro atoms. The van der Waals surface area contributed by atoms with Crippen molar-refractivity contribution in [1.82, 2.24) is 14.9 Å². The minimum Gasteiger partial charge on any atom is -0.392 e. The molecule has 1 amide bonds. The number of carbonyl (C=O) groups excluding carboxylic acids is 1. The van der Waals surface area contributed by atoms with Crippen molar-refractivity contribution in [3.8, 4) is 17.2 Å². The minimum absolute atomic E-state index is 0.262. The second-order valence-corrected chi connectivity index (χ2v) is 8.10. The maximum Gasteiger partial charge on any atom is 0.274 e. The van der Waals surface area contributed by atoms with Gasteiger partial charge in [-0.3, -0.25) is 19.7 Å². The normalized spacial score (nSPS) is 15.7. The maximum absolute atomic E-state index is 12.8. The monoisotopic (exact) mass is 439 g/mol. The molecule has 166 valence electrons. The van der Waals surface area contributed by atoms with Gasteiger partial charge in [0.15, 0.2) is 0 Å². The molecule has 2 N–H and O–H groups in total. The summed E-state index contributed by atoms with van der Waals surface area (Å²) in [6, 6.07) is 13.2. The van der Waals surface area contributed by atoms with Crippen LogP contribution >= 0.6 is 0 Å². The number of benzene rings is 1. The Bertz CT molecular complexity index is 1230. The highest BCUT2D eigenvalue weighted by molar-refractivity contribution is 6.03. The Balaban J connectivity index is 1.53. The lowest BCUT2D eigenvalue weighted by Gasteiger charge is -2.15. The fourth-order valence-electron chi connectivity index (χ4n) is 4.09. The highest BCUT2D eigenvalue weighted by atomic mass is 16.3. The molecule has 33 heavy (non-hydrogen) atoms. The molecular weight excluding hydrogens is 414 g/mol. The van der Waals surface area contributed by atoms with Crippen molar-refractivity contribution < 1.29 is 9.90 Å². The van der Waals surface area contributed by atoms with E-state index in [2.05, 4.69) is 32.8 Å². The summed E-state index contributed by atoms with van der Waals surface area (Å²) >= 11 is 0. The number of nitrogens with zero attached hydrogens (tertiary/aromatic N) is 4. The number of amides is 1. The van der Waals surface area contributed by atoms with Crippen LogP contribution < -0.4 is 5.32 Å². The van der Waals surface area contributed by atoms with E-state index in [1.165, 1.54) is 0 Å². The Hall–Kier alpha value is -3.86. The summed E-state index contributed by atoms with van der Waals surface area (Å²) in [7, 11) is 0. The number of hydrogen-bond acceptors (Lipinski definition) is 6. The molecular formula is C26H25N5O2. The van der Waals surface area contributed by atoms with E-state index in [0.29, 0.717) is 35.7 Å². The first-order valence-electron chi connectivity index (χ1n) is 10.8. The summed E-state index contributed by atoms with van der Waals surface area (Å²) in [4.78, 5) is 23.5. The zero-order valence-corrected chi connectivity index (χ0v) is 18.5. The highest BCUT2D eigenvalue weighted by Gasteiger charge is 2.20. The van der Waals surface area contributed by atoms with Crippen LogP contribution in [-0.4, -0.2) is 45.1 Å². The first-order chi connectivity index (χ1) is 16.0. The molecule has 1 aliphatic heterocycles. The van der Waals surface area contributed by atoms with Crippen LogP contribution in [0.1, 0.15) is 39.3 Å². The molecule has 1 aromatic carbocycles. The second-order valence-electron chi connectivity index (χ2n) is 8.10. The van der Waals surface area contributed by atoms with Gasteiger partial charge in [0.05, 0.1) is 17.4 Å². The van der Waals surface area contributed by atoms with Gasteiger partial charge in [-0.25, -0.2) is 0 Å². The topological polar surface area (TPSA) is 102 Å². The predicted octanol–water partition coefficient (Wildman–Crippen LogP) is 3.79. The molecule has 7 nitrogen and oxygen atoms in total. The third-order valence-electron chi connectivity index (χ3n) is 5.87. The fraction of sp³-hybridized carbons (Fsp3) is 0.231.